The van der Waals surface area contributed by atoms with E-state index in [1.807, 2.05) is 34.1 Å². The van der Waals surface area contributed by atoms with Crippen molar-refractivity contribution in [3.8, 4) is 0 Å². The number of nitrogens with two attached hydrogens (primary N) is 1. The molecule has 0 spiro atoms. The van der Waals surface area contributed by atoms with E-state index in [9.17, 15) is 9.59 Å². The molecule has 1 aromatic rings. The highest BCUT2D eigenvalue weighted by Crippen LogP contribution is 2.12. The molecule has 22 heavy (non-hydrogen) atoms. The lowest BCUT2D eigenvalue weighted by Crippen LogP contribution is -2.38. The van der Waals surface area contributed by atoms with Gasteiger partial charge in [-0.1, -0.05) is 23.7 Å². The first-order chi connectivity index (χ1) is 10.5. The van der Waals surface area contributed by atoms with Crippen LogP contribution in [0.4, 0.5) is 0 Å². The van der Waals surface area contributed by atoms with Crippen LogP contribution < -0.4 is 5.73 Å². The van der Waals surface area contributed by atoms with Crippen LogP contribution in [-0.2, 0) is 16.0 Å². The lowest BCUT2D eigenvalue weighted by Gasteiger charge is -2.21. The molecule has 0 atom stereocenters. The van der Waals surface area contributed by atoms with E-state index in [1.165, 1.54) is 0 Å². The minimum atomic E-state index is -0.317. The summed E-state index contributed by atoms with van der Waals surface area (Å²) in [7, 11) is 0. The summed E-state index contributed by atoms with van der Waals surface area (Å²) in [6.45, 7) is 3.19. The maximum absolute atomic E-state index is 12.3. The van der Waals surface area contributed by atoms with Crippen molar-refractivity contribution in [1.29, 1.82) is 0 Å². The molecule has 2 N–H and O–H groups in total. The van der Waals surface area contributed by atoms with Crippen LogP contribution in [0.15, 0.2) is 24.3 Å². The number of hydrogen-bond donors (Lipinski definition) is 1. The first-order valence-electron chi connectivity index (χ1n) is 7.57. The number of primary amides is 1. The molecule has 6 heteroatoms. The van der Waals surface area contributed by atoms with E-state index in [-0.39, 0.29) is 18.4 Å². The fourth-order valence-corrected chi connectivity index (χ4v) is 2.79. The Balaban J connectivity index is 1.79. The zero-order valence-corrected chi connectivity index (χ0v) is 13.4. The summed E-state index contributed by atoms with van der Waals surface area (Å²) in [5, 5.41) is 0.706. The Bertz CT molecular complexity index is 519. The molecular weight excluding hydrogens is 302 g/mol. The Hall–Kier alpha value is -1.59. The van der Waals surface area contributed by atoms with Crippen LogP contribution in [0, 0.1) is 0 Å². The Morgan fingerprint density at radius 3 is 2.50 bits per heavy atom. The van der Waals surface area contributed by atoms with Crippen LogP contribution in [0.5, 0.6) is 0 Å². The number of benzene rings is 1. The first-order valence-corrected chi connectivity index (χ1v) is 7.95. The number of halogens is 1. The average molecular weight is 324 g/mol. The van der Waals surface area contributed by atoms with Crippen LogP contribution in [-0.4, -0.2) is 54.3 Å². The minimum Gasteiger partial charge on any atom is -0.369 e. The molecule has 1 fully saturated rings. The van der Waals surface area contributed by atoms with Gasteiger partial charge in [-0.25, -0.2) is 0 Å². The van der Waals surface area contributed by atoms with Crippen molar-refractivity contribution in [2.24, 2.45) is 5.73 Å². The van der Waals surface area contributed by atoms with Gasteiger partial charge in [0.05, 0.1) is 6.54 Å². The van der Waals surface area contributed by atoms with Gasteiger partial charge in [-0.3, -0.25) is 14.5 Å². The molecule has 0 aliphatic carbocycles. The SMILES string of the molecule is NC(=O)CN1CCCN(C(=O)CCc2ccc(Cl)cc2)CC1. The number of nitrogens with zero attached hydrogens (tertiary/aromatic N) is 2. The first kappa shape index (κ1) is 16.8. The van der Waals surface area contributed by atoms with Crippen LogP contribution in [0.2, 0.25) is 5.02 Å². The van der Waals surface area contributed by atoms with Gasteiger partial charge in [-0.2, -0.15) is 0 Å². The predicted molar refractivity (Wildman–Crippen MR) is 86.6 cm³/mol. The van der Waals surface area contributed by atoms with Gasteiger partial charge < -0.3 is 10.6 Å². The topological polar surface area (TPSA) is 66.6 Å². The van der Waals surface area contributed by atoms with E-state index in [2.05, 4.69) is 0 Å². The van der Waals surface area contributed by atoms with Crippen molar-refractivity contribution in [2.45, 2.75) is 19.3 Å². The smallest absolute Gasteiger partial charge is 0.231 e. The van der Waals surface area contributed by atoms with E-state index in [0.717, 1.165) is 31.5 Å². The van der Waals surface area contributed by atoms with Gasteiger partial charge in [-0.15, -0.1) is 0 Å². The maximum atomic E-state index is 12.3. The fourth-order valence-electron chi connectivity index (χ4n) is 2.66. The third-order valence-corrected chi connectivity index (χ3v) is 4.11. The van der Waals surface area contributed by atoms with Crippen LogP contribution in [0.25, 0.3) is 0 Å². The Morgan fingerprint density at radius 1 is 1.09 bits per heavy atom. The number of rotatable bonds is 5. The van der Waals surface area contributed by atoms with Gasteiger partial charge in [-0.05, 0) is 30.5 Å². The molecule has 120 valence electrons. The van der Waals surface area contributed by atoms with Gasteiger partial charge in [0.25, 0.3) is 0 Å². The molecule has 2 amide bonds. The van der Waals surface area contributed by atoms with Crippen molar-refractivity contribution < 1.29 is 9.59 Å². The normalized spacial score (nSPS) is 16.3. The summed E-state index contributed by atoms with van der Waals surface area (Å²) >= 11 is 5.85. The molecule has 0 unspecified atom stereocenters. The lowest BCUT2D eigenvalue weighted by atomic mass is 10.1. The molecule has 5 nitrogen and oxygen atoms in total. The summed E-state index contributed by atoms with van der Waals surface area (Å²) < 4.78 is 0. The van der Waals surface area contributed by atoms with Crippen molar-refractivity contribution >= 4 is 23.4 Å². The van der Waals surface area contributed by atoms with E-state index >= 15 is 0 Å². The zero-order chi connectivity index (χ0) is 15.9. The Labute approximate surface area is 136 Å². The fraction of sp³-hybridized carbons (Fsp3) is 0.500. The minimum absolute atomic E-state index is 0.163. The molecule has 0 bridgehead atoms. The summed E-state index contributed by atoms with van der Waals surface area (Å²) in [5.41, 5.74) is 6.33. The number of hydrogen-bond acceptors (Lipinski definition) is 3. The van der Waals surface area contributed by atoms with Crippen molar-refractivity contribution in [3.05, 3.63) is 34.9 Å². The number of carbonyl (C=O) groups is 2. The van der Waals surface area contributed by atoms with Crippen LogP contribution in [0.1, 0.15) is 18.4 Å². The highest BCUT2D eigenvalue weighted by molar-refractivity contribution is 6.30. The number of amides is 2. The molecule has 1 aliphatic rings. The molecule has 1 heterocycles. The third-order valence-electron chi connectivity index (χ3n) is 3.86. The highest BCUT2D eigenvalue weighted by Gasteiger charge is 2.19. The molecule has 0 aromatic heterocycles. The largest absolute Gasteiger partial charge is 0.369 e. The van der Waals surface area contributed by atoms with E-state index in [1.54, 1.807) is 0 Å². The molecule has 1 aliphatic heterocycles. The van der Waals surface area contributed by atoms with Gasteiger partial charge in [0, 0.05) is 37.6 Å². The second-order valence-electron chi connectivity index (χ2n) is 5.60. The van der Waals surface area contributed by atoms with Crippen molar-refractivity contribution in [3.63, 3.8) is 0 Å². The van der Waals surface area contributed by atoms with Gasteiger partial charge in [0.1, 0.15) is 0 Å². The van der Waals surface area contributed by atoms with Gasteiger partial charge in [0.15, 0.2) is 0 Å². The maximum Gasteiger partial charge on any atom is 0.231 e. The van der Waals surface area contributed by atoms with E-state index in [4.69, 9.17) is 17.3 Å². The van der Waals surface area contributed by atoms with Gasteiger partial charge >= 0.3 is 0 Å². The molecule has 1 aromatic carbocycles. The van der Waals surface area contributed by atoms with Crippen molar-refractivity contribution in [1.82, 2.24) is 9.80 Å². The second kappa shape index (κ2) is 8.15. The van der Waals surface area contributed by atoms with Crippen LogP contribution >= 0.6 is 11.6 Å². The summed E-state index contributed by atoms with van der Waals surface area (Å²) in [5.74, 6) is -0.154. The monoisotopic (exact) mass is 323 g/mol. The molecule has 0 saturated carbocycles. The molecule has 2 rings (SSSR count). The summed E-state index contributed by atoms with van der Waals surface area (Å²) in [4.78, 5) is 27.2. The zero-order valence-electron chi connectivity index (χ0n) is 12.6. The number of aryl methyl sites for hydroxylation is 1. The Morgan fingerprint density at radius 2 is 1.82 bits per heavy atom. The summed E-state index contributed by atoms with van der Waals surface area (Å²) in [6.07, 6.45) is 2.09. The van der Waals surface area contributed by atoms with Crippen LogP contribution in [0.3, 0.4) is 0 Å². The molecule has 0 radical (unpaired) electrons. The quantitative estimate of drug-likeness (QED) is 0.888. The number of carbonyl (C=O) groups excluding carboxylic acids is 2. The highest BCUT2D eigenvalue weighted by atomic mass is 35.5. The third kappa shape index (κ3) is 5.31. The second-order valence-corrected chi connectivity index (χ2v) is 6.04. The summed E-state index contributed by atoms with van der Waals surface area (Å²) in [6, 6.07) is 7.59. The van der Waals surface area contributed by atoms with E-state index in [0.29, 0.717) is 24.5 Å². The van der Waals surface area contributed by atoms with E-state index < -0.39 is 0 Å². The molecule has 1 saturated heterocycles. The van der Waals surface area contributed by atoms with Gasteiger partial charge in [0.2, 0.25) is 11.8 Å². The Kier molecular flexibility index (Phi) is 6.21. The molecular formula is C16H22ClN3O2. The van der Waals surface area contributed by atoms with Crippen molar-refractivity contribution in [2.75, 3.05) is 32.7 Å². The lowest BCUT2D eigenvalue weighted by molar-refractivity contribution is -0.131. The predicted octanol–water partition coefficient (Wildman–Crippen LogP) is 1.29. The average Bonchev–Trinajstić information content (AvgIpc) is 2.71. The standard InChI is InChI=1S/C16H22ClN3O2/c17-14-5-2-13(3-6-14)4-7-16(22)20-9-1-8-19(10-11-20)12-15(18)21/h2-3,5-6H,1,4,7-12H2,(H2,18,21).